The Hall–Kier alpha value is -7.22. The van der Waals surface area contributed by atoms with Crippen molar-refractivity contribution in [3.05, 3.63) is 224 Å². The van der Waals surface area contributed by atoms with E-state index < -0.39 is 0 Å². The number of hydrogen-bond donors (Lipinski definition) is 0. The summed E-state index contributed by atoms with van der Waals surface area (Å²) in [7, 11) is 0. The highest BCUT2D eigenvalue weighted by atomic mass is 15.1. The molecule has 55 heavy (non-hydrogen) atoms. The maximum absolute atomic E-state index is 2.51. The first-order valence-corrected chi connectivity index (χ1v) is 18.9. The molecule has 0 atom stereocenters. The third kappa shape index (κ3) is 5.84. The maximum atomic E-state index is 2.51. The van der Waals surface area contributed by atoms with Crippen molar-refractivity contribution in [2.24, 2.45) is 0 Å². The van der Waals surface area contributed by atoms with Crippen LogP contribution in [0.2, 0.25) is 0 Å². The Morgan fingerprint density at radius 2 is 0.691 bits per heavy atom. The van der Waals surface area contributed by atoms with E-state index in [1.165, 1.54) is 76.8 Å². The molecule has 10 aromatic carbocycles. The van der Waals surface area contributed by atoms with Crippen molar-refractivity contribution in [3.8, 4) is 44.5 Å². The van der Waals surface area contributed by atoms with Crippen LogP contribution >= 0.6 is 0 Å². The van der Waals surface area contributed by atoms with Crippen LogP contribution in [0, 0.1) is 0 Å². The molecule has 0 heterocycles. The van der Waals surface area contributed by atoms with E-state index in [1.54, 1.807) is 0 Å². The van der Waals surface area contributed by atoms with Crippen molar-refractivity contribution in [1.82, 2.24) is 0 Å². The van der Waals surface area contributed by atoms with Crippen LogP contribution in [-0.4, -0.2) is 0 Å². The average molecular weight is 700 g/mol. The minimum absolute atomic E-state index is 1.09. The highest BCUT2D eigenvalue weighted by molar-refractivity contribution is 6.24. The number of fused-ring (bicyclic) bond motifs is 4. The van der Waals surface area contributed by atoms with Crippen molar-refractivity contribution < 1.29 is 0 Å². The van der Waals surface area contributed by atoms with Crippen LogP contribution in [0.15, 0.2) is 224 Å². The van der Waals surface area contributed by atoms with E-state index in [1.807, 2.05) is 0 Å². The molecule has 258 valence electrons. The highest BCUT2D eigenvalue weighted by Gasteiger charge is 2.26. The van der Waals surface area contributed by atoms with E-state index in [4.69, 9.17) is 0 Å². The Kier molecular flexibility index (Phi) is 8.24. The number of benzene rings is 10. The first-order valence-electron chi connectivity index (χ1n) is 18.9. The summed E-state index contributed by atoms with van der Waals surface area (Å²) in [5.74, 6) is 0. The summed E-state index contributed by atoms with van der Waals surface area (Å²) in [5.41, 5.74) is 13.0. The van der Waals surface area contributed by atoms with Crippen LogP contribution < -0.4 is 4.90 Å². The minimum Gasteiger partial charge on any atom is -0.309 e. The number of nitrogens with zero attached hydrogens (tertiary/aromatic N) is 1. The van der Waals surface area contributed by atoms with Crippen molar-refractivity contribution in [2.45, 2.75) is 0 Å². The van der Waals surface area contributed by atoms with Gasteiger partial charge in [0.05, 0.1) is 11.4 Å². The van der Waals surface area contributed by atoms with Gasteiger partial charge in [-0.1, -0.05) is 206 Å². The van der Waals surface area contributed by atoms with Crippen LogP contribution in [-0.2, 0) is 0 Å². The van der Waals surface area contributed by atoms with Crippen molar-refractivity contribution in [1.29, 1.82) is 0 Å². The molecule has 0 saturated heterocycles. The molecule has 10 rings (SSSR count). The Morgan fingerprint density at radius 1 is 0.255 bits per heavy atom. The zero-order valence-electron chi connectivity index (χ0n) is 30.3. The standard InChI is InChI=1S/C54H37N/c1-3-16-38(17-4-1)39-30-32-40(33-31-39)41-34-36-44(37-35-41)55(52-29-14-13-23-46(52)43-18-5-2-6-19-43)54-51-27-12-10-25-48(51)47-24-9-11-26-50(47)53(54)49-28-15-21-42-20-7-8-22-45(42)49/h1-37H. The zero-order chi connectivity index (χ0) is 36.6. The van der Waals surface area contributed by atoms with Gasteiger partial charge in [-0.2, -0.15) is 0 Å². The fourth-order valence-corrected chi connectivity index (χ4v) is 8.28. The van der Waals surface area contributed by atoms with Gasteiger partial charge in [0.25, 0.3) is 0 Å². The summed E-state index contributed by atoms with van der Waals surface area (Å²) in [6.45, 7) is 0. The number of anilines is 3. The van der Waals surface area contributed by atoms with E-state index in [-0.39, 0.29) is 0 Å². The maximum Gasteiger partial charge on any atom is 0.0625 e. The Bertz CT molecular complexity index is 2940. The van der Waals surface area contributed by atoms with Crippen LogP contribution in [0.3, 0.4) is 0 Å². The van der Waals surface area contributed by atoms with Gasteiger partial charge in [-0.15, -0.1) is 0 Å². The molecule has 0 radical (unpaired) electrons. The summed E-state index contributed by atoms with van der Waals surface area (Å²) in [4.78, 5) is 2.51. The monoisotopic (exact) mass is 699 g/mol. The fourth-order valence-electron chi connectivity index (χ4n) is 8.28. The van der Waals surface area contributed by atoms with E-state index >= 15 is 0 Å². The molecule has 0 saturated carbocycles. The normalized spacial score (nSPS) is 11.3. The molecule has 0 aliphatic rings. The summed E-state index contributed by atoms with van der Waals surface area (Å²) < 4.78 is 0. The first kappa shape index (κ1) is 32.4. The quantitative estimate of drug-likeness (QED) is 0.150. The minimum atomic E-state index is 1.09. The van der Waals surface area contributed by atoms with E-state index in [0.29, 0.717) is 0 Å². The lowest BCUT2D eigenvalue weighted by Crippen LogP contribution is -2.13. The molecule has 0 fully saturated rings. The number of rotatable bonds is 7. The second-order valence-electron chi connectivity index (χ2n) is 14.1. The second-order valence-corrected chi connectivity index (χ2v) is 14.1. The SMILES string of the molecule is c1ccc(-c2ccc(-c3ccc(N(c4ccccc4-c4ccccc4)c4c(-c5cccc6ccccc56)c5ccccc5c5ccccc45)cc3)cc2)cc1. The molecule has 0 spiro atoms. The van der Waals surface area contributed by atoms with Crippen LogP contribution in [0.4, 0.5) is 17.1 Å². The summed E-state index contributed by atoms with van der Waals surface area (Å²) >= 11 is 0. The van der Waals surface area contributed by atoms with Crippen molar-refractivity contribution in [2.75, 3.05) is 4.90 Å². The number of hydrogen-bond acceptors (Lipinski definition) is 1. The first-order chi connectivity index (χ1) is 27.3. The molecule has 0 amide bonds. The van der Waals surface area contributed by atoms with Gasteiger partial charge in [0.2, 0.25) is 0 Å². The Labute approximate surface area is 322 Å². The number of para-hydroxylation sites is 1. The van der Waals surface area contributed by atoms with Crippen LogP contribution in [0.25, 0.3) is 76.8 Å². The van der Waals surface area contributed by atoms with Gasteiger partial charge in [-0.3, -0.25) is 0 Å². The molecule has 0 aliphatic heterocycles. The van der Waals surface area contributed by atoms with Crippen LogP contribution in [0.1, 0.15) is 0 Å². The predicted molar refractivity (Wildman–Crippen MR) is 235 cm³/mol. The van der Waals surface area contributed by atoms with E-state index in [0.717, 1.165) is 17.1 Å². The molecule has 0 aliphatic carbocycles. The summed E-state index contributed by atoms with van der Waals surface area (Å²) in [5, 5.41) is 7.36. The molecule has 0 N–H and O–H groups in total. The van der Waals surface area contributed by atoms with Crippen LogP contribution in [0.5, 0.6) is 0 Å². The van der Waals surface area contributed by atoms with Gasteiger partial charge in [0.1, 0.15) is 0 Å². The summed E-state index contributed by atoms with van der Waals surface area (Å²) in [6, 6.07) is 81.5. The average Bonchev–Trinajstić information content (AvgIpc) is 3.27. The third-order valence-corrected chi connectivity index (χ3v) is 10.9. The molecular weight excluding hydrogens is 663 g/mol. The van der Waals surface area contributed by atoms with Gasteiger partial charge in [0, 0.05) is 22.2 Å². The van der Waals surface area contributed by atoms with Crippen molar-refractivity contribution in [3.63, 3.8) is 0 Å². The van der Waals surface area contributed by atoms with E-state index in [2.05, 4.69) is 229 Å². The molecule has 0 unspecified atom stereocenters. The Morgan fingerprint density at radius 3 is 1.36 bits per heavy atom. The topological polar surface area (TPSA) is 3.24 Å². The van der Waals surface area contributed by atoms with Gasteiger partial charge in [-0.25, -0.2) is 0 Å². The second kappa shape index (κ2) is 14.0. The fraction of sp³-hybridized carbons (Fsp3) is 0. The molecule has 0 bridgehead atoms. The summed E-state index contributed by atoms with van der Waals surface area (Å²) in [6.07, 6.45) is 0. The van der Waals surface area contributed by atoms with Gasteiger partial charge < -0.3 is 4.90 Å². The highest BCUT2D eigenvalue weighted by Crippen LogP contribution is 2.52. The lowest BCUT2D eigenvalue weighted by atomic mass is 9.87. The predicted octanol–water partition coefficient (Wildman–Crippen LogP) is 15.3. The Balaban J connectivity index is 1.25. The van der Waals surface area contributed by atoms with Gasteiger partial charge >= 0.3 is 0 Å². The molecule has 1 nitrogen and oxygen atoms in total. The molecule has 1 heteroatoms. The smallest absolute Gasteiger partial charge is 0.0625 e. The molecule has 10 aromatic rings. The molecule has 0 aromatic heterocycles. The largest absolute Gasteiger partial charge is 0.309 e. The van der Waals surface area contributed by atoms with Gasteiger partial charge in [0.15, 0.2) is 0 Å². The lowest BCUT2D eigenvalue weighted by molar-refractivity contribution is 1.30. The zero-order valence-corrected chi connectivity index (χ0v) is 30.3. The van der Waals surface area contributed by atoms with Crippen molar-refractivity contribution >= 4 is 49.4 Å². The lowest BCUT2D eigenvalue weighted by Gasteiger charge is -2.32. The third-order valence-electron chi connectivity index (χ3n) is 10.9. The van der Waals surface area contributed by atoms with Gasteiger partial charge in [-0.05, 0) is 78.5 Å². The molecular formula is C54H37N. The van der Waals surface area contributed by atoms with E-state index in [9.17, 15) is 0 Å².